The number of esters is 1. The van der Waals surface area contributed by atoms with Gasteiger partial charge in [-0.3, -0.25) is 9.59 Å². The van der Waals surface area contributed by atoms with Gasteiger partial charge in [-0.25, -0.2) is 13.2 Å². The number of benzene rings is 5. The molecule has 9 heteroatoms. The van der Waals surface area contributed by atoms with E-state index in [1.807, 2.05) is 0 Å². The number of allylic oxidation sites excluding steroid dienone is 1. The lowest BCUT2D eigenvalue weighted by Gasteiger charge is -2.10. The summed E-state index contributed by atoms with van der Waals surface area (Å²) in [5.41, 5.74) is 1.30. The van der Waals surface area contributed by atoms with E-state index in [-0.39, 0.29) is 32.7 Å². The van der Waals surface area contributed by atoms with E-state index in [4.69, 9.17) is 14.2 Å². The molecule has 0 saturated heterocycles. The standard InChI is InChI=1S/C36H26O8S/c1-3-35(38)26-6-12-32(13-7-26)44-36(39)27-8-14-29(15-9-27)43-31-18-22-34(23-19-31)45(40,41)33-20-16-30(17-21-33)42-28-10-4-25(5-11-28)24(2)37/h3-23H,1H2,2H3. The van der Waals surface area contributed by atoms with Crippen molar-refractivity contribution in [2.75, 3.05) is 0 Å². The van der Waals surface area contributed by atoms with Crippen molar-refractivity contribution in [2.45, 2.75) is 16.7 Å². The van der Waals surface area contributed by atoms with Gasteiger partial charge in [0.2, 0.25) is 9.84 Å². The van der Waals surface area contributed by atoms with Gasteiger partial charge in [0.15, 0.2) is 11.6 Å². The molecule has 0 saturated carbocycles. The summed E-state index contributed by atoms with van der Waals surface area (Å²) in [5, 5.41) is 0. The highest BCUT2D eigenvalue weighted by atomic mass is 32.2. The summed E-state index contributed by atoms with van der Waals surface area (Å²) in [6.07, 6.45) is 1.21. The first-order valence-corrected chi connectivity index (χ1v) is 15.1. The molecule has 0 aromatic heterocycles. The maximum atomic E-state index is 13.2. The predicted molar refractivity (Wildman–Crippen MR) is 167 cm³/mol. The van der Waals surface area contributed by atoms with Crippen LogP contribution in [0.15, 0.2) is 144 Å². The quantitative estimate of drug-likeness (QED) is 0.0636. The van der Waals surface area contributed by atoms with Crippen LogP contribution in [-0.4, -0.2) is 26.0 Å². The van der Waals surface area contributed by atoms with Crippen LogP contribution in [0.2, 0.25) is 0 Å². The molecule has 0 heterocycles. The van der Waals surface area contributed by atoms with Crippen molar-refractivity contribution < 1.29 is 37.0 Å². The van der Waals surface area contributed by atoms with E-state index in [1.165, 1.54) is 61.5 Å². The Hall–Kier alpha value is -5.80. The number of sulfone groups is 1. The minimum absolute atomic E-state index is 0.0474. The average molecular weight is 619 g/mol. The van der Waals surface area contributed by atoms with Gasteiger partial charge >= 0.3 is 5.97 Å². The first kappa shape index (κ1) is 30.7. The Balaban J connectivity index is 1.18. The average Bonchev–Trinajstić information content (AvgIpc) is 3.06. The summed E-state index contributed by atoms with van der Waals surface area (Å²) in [4.78, 5) is 35.8. The largest absolute Gasteiger partial charge is 0.457 e. The van der Waals surface area contributed by atoms with Crippen LogP contribution in [0.1, 0.15) is 38.0 Å². The monoisotopic (exact) mass is 618 g/mol. The van der Waals surface area contributed by atoms with E-state index in [0.717, 1.165) is 0 Å². The van der Waals surface area contributed by atoms with Gasteiger partial charge in [-0.05, 0) is 134 Å². The molecule has 0 unspecified atom stereocenters. The molecule has 0 N–H and O–H groups in total. The van der Waals surface area contributed by atoms with Gasteiger partial charge in [0, 0.05) is 11.1 Å². The number of carbonyl (C=O) groups excluding carboxylic acids is 3. The Kier molecular flexibility index (Phi) is 9.01. The number of ether oxygens (including phenoxy) is 3. The third-order valence-corrected chi connectivity index (χ3v) is 8.41. The van der Waals surface area contributed by atoms with Crippen molar-refractivity contribution in [3.63, 3.8) is 0 Å². The third-order valence-electron chi connectivity index (χ3n) is 6.63. The fourth-order valence-corrected chi connectivity index (χ4v) is 5.43. The van der Waals surface area contributed by atoms with Crippen molar-refractivity contribution in [1.29, 1.82) is 0 Å². The summed E-state index contributed by atoms with van der Waals surface area (Å²) in [6.45, 7) is 4.93. The van der Waals surface area contributed by atoms with Crippen molar-refractivity contribution in [2.24, 2.45) is 0 Å². The minimum Gasteiger partial charge on any atom is -0.457 e. The second-order valence-corrected chi connectivity index (χ2v) is 11.7. The smallest absolute Gasteiger partial charge is 0.343 e. The number of hydrogen-bond donors (Lipinski definition) is 0. The lowest BCUT2D eigenvalue weighted by molar-refractivity contribution is 0.0734. The van der Waals surface area contributed by atoms with Gasteiger partial charge in [-0.15, -0.1) is 0 Å². The van der Waals surface area contributed by atoms with Crippen molar-refractivity contribution in [3.8, 4) is 28.7 Å². The molecule has 5 rings (SSSR count). The zero-order valence-electron chi connectivity index (χ0n) is 24.0. The van der Waals surface area contributed by atoms with Crippen LogP contribution in [0.4, 0.5) is 0 Å². The van der Waals surface area contributed by atoms with Crippen LogP contribution in [0, 0.1) is 0 Å². The number of Topliss-reactive ketones (excluding diaryl/α,β-unsaturated/α-hetero) is 1. The topological polar surface area (TPSA) is 113 Å². The van der Waals surface area contributed by atoms with Crippen molar-refractivity contribution >= 4 is 27.4 Å². The molecule has 0 aliphatic heterocycles. The minimum atomic E-state index is -3.80. The van der Waals surface area contributed by atoms with Crippen LogP contribution < -0.4 is 14.2 Å². The lowest BCUT2D eigenvalue weighted by Crippen LogP contribution is -2.08. The highest BCUT2D eigenvalue weighted by Gasteiger charge is 2.18. The van der Waals surface area contributed by atoms with Crippen molar-refractivity contribution in [1.82, 2.24) is 0 Å². The van der Waals surface area contributed by atoms with Gasteiger partial charge in [-0.2, -0.15) is 0 Å². The van der Waals surface area contributed by atoms with Gasteiger partial charge in [0.05, 0.1) is 15.4 Å². The van der Waals surface area contributed by atoms with E-state index >= 15 is 0 Å². The van der Waals surface area contributed by atoms with Gasteiger partial charge in [0.1, 0.15) is 28.7 Å². The summed E-state index contributed by atoms with van der Waals surface area (Å²) < 4.78 is 43.3. The molecule has 0 aliphatic rings. The van der Waals surface area contributed by atoms with Gasteiger partial charge in [-0.1, -0.05) is 6.58 Å². The van der Waals surface area contributed by atoms with E-state index in [1.54, 1.807) is 72.8 Å². The molecule has 0 amide bonds. The summed E-state index contributed by atoms with van der Waals surface area (Å²) in [6, 6.07) is 31.1. The van der Waals surface area contributed by atoms with Crippen LogP contribution in [0.5, 0.6) is 28.7 Å². The zero-order chi connectivity index (χ0) is 32.0. The van der Waals surface area contributed by atoms with Crippen molar-refractivity contribution in [3.05, 3.63) is 151 Å². The summed E-state index contributed by atoms with van der Waals surface area (Å²) in [7, 11) is -3.80. The molecule has 8 nitrogen and oxygen atoms in total. The molecular formula is C36H26O8S. The third kappa shape index (κ3) is 7.41. The van der Waals surface area contributed by atoms with Crippen LogP contribution in [0.3, 0.4) is 0 Å². The number of hydrogen-bond acceptors (Lipinski definition) is 8. The molecule has 224 valence electrons. The van der Waals surface area contributed by atoms with E-state index in [9.17, 15) is 22.8 Å². The Morgan fingerprint density at radius 1 is 0.533 bits per heavy atom. The van der Waals surface area contributed by atoms with E-state index in [2.05, 4.69) is 6.58 Å². The summed E-state index contributed by atoms with van der Waals surface area (Å²) in [5.74, 6) is 1.23. The Morgan fingerprint density at radius 2 is 0.889 bits per heavy atom. The molecule has 0 atom stereocenters. The summed E-state index contributed by atoms with van der Waals surface area (Å²) >= 11 is 0. The fourth-order valence-electron chi connectivity index (χ4n) is 4.17. The van der Waals surface area contributed by atoms with Crippen LogP contribution in [0.25, 0.3) is 0 Å². The molecule has 0 radical (unpaired) electrons. The van der Waals surface area contributed by atoms with Crippen LogP contribution in [-0.2, 0) is 9.84 Å². The Bertz CT molecular complexity index is 1960. The first-order chi connectivity index (χ1) is 21.6. The van der Waals surface area contributed by atoms with Crippen LogP contribution >= 0.6 is 0 Å². The molecule has 5 aromatic carbocycles. The SMILES string of the molecule is C=CC(=O)c1ccc(OC(=O)c2ccc(Oc3ccc(S(=O)(=O)c4ccc(Oc5ccc(C(C)=O)cc5)cc4)cc3)cc2)cc1. The maximum Gasteiger partial charge on any atom is 0.343 e. The fraction of sp³-hybridized carbons (Fsp3) is 0.0278. The Morgan fingerprint density at radius 3 is 1.29 bits per heavy atom. The molecule has 0 spiro atoms. The molecule has 0 fully saturated rings. The number of rotatable bonds is 11. The number of ketones is 2. The second-order valence-electron chi connectivity index (χ2n) is 9.74. The molecule has 0 aliphatic carbocycles. The second kappa shape index (κ2) is 13.2. The lowest BCUT2D eigenvalue weighted by atomic mass is 10.1. The van der Waals surface area contributed by atoms with Gasteiger partial charge < -0.3 is 14.2 Å². The Labute approximate surface area is 260 Å². The molecule has 0 bridgehead atoms. The van der Waals surface area contributed by atoms with E-state index < -0.39 is 15.8 Å². The number of carbonyl (C=O) groups is 3. The molecular weight excluding hydrogens is 592 g/mol. The maximum absolute atomic E-state index is 13.2. The highest BCUT2D eigenvalue weighted by Crippen LogP contribution is 2.29. The first-order valence-electron chi connectivity index (χ1n) is 13.6. The normalized spacial score (nSPS) is 10.9. The highest BCUT2D eigenvalue weighted by molar-refractivity contribution is 7.91. The van der Waals surface area contributed by atoms with Gasteiger partial charge in [0.25, 0.3) is 0 Å². The zero-order valence-corrected chi connectivity index (χ0v) is 24.8. The van der Waals surface area contributed by atoms with E-state index in [0.29, 0.717) is 34.1 Å². The molecule has 45 heavy (non-hydrogen) atoms. The predicted octanol–water partition coefficient (Wildman–Crippen LogP) is 7.89. The molecule has 5 aromatic rings.